The van der Waals surface area contributed by atoms with E-state index in [0.717, 1.165) is 19.5 Å². The molecule has 0 heterocycles. The normalized spacial score (nSPS) is 10.2. The molecule has 0 aliphatic rings. The number of para-hydroxylation sites is 1. The van der Waals surface area contributed by atoms with Crippen LogP contribution in [0.4, 0.5) is 5.69 Å². The van der Waals surface area contributed by atoms with Gasteiger partial charge in [0, 0.05) is 13.1 Å². The monoisotopic (exact) mass is 241 g/mol. The number of rotatable bonds is 5. The van der Waals surface area contributed by atoms with Gasteiger partial charge >= 0.3 is 5.97 Å². The number of carbonyl (C=O) groups is 1. The van der Waals surface area contributed by atoms with Gasteiger partial charge in [0.2, 0.25) is 0 Å². The molecule has 0 aliphatic carbocycles. The van der Waals surface area contributed by atoms with Crippen molar-refractivity contribution in [1.29, 1.82) is 0 Å². The maximum atomic E-state index is 11.1. The minimum Gasteiger partial charge on any atom is -0.478 e. The quantitative estimate of drug-likeness (QED) is 0.860. The van der Waals surface area contributed by atoms with E-state index in [-0.39, 0.29) is 5.56 Å². The number of anilines is 1. The average Bonchev–Trinajstić information content (AvgIpc) is 2.26. The van der Waals surface area contributed by atoms with E-state index in [0.29, 0.717) is 10.7 Å². The summed E-state index contributed by atoms with van der Waals surface area (Å²) in [5, 5.41) is 9.61. The Morgan fingerprint density at radius 3 is 2.62 bits per heavy atom. The van der Waals surface area contributed by atoms with E-state index in [1.165, 1.54) is 0 Å². The molecule has 0 unspecified atom stereocenters. The van der Waals surface area contributed by atoms with Crippen LogP contribution in [0.1, 0.15) is 30.6 Å². The second-order valence-corrected chi connectivity index (χ2v) is 3.93. The van der Waals surface area contributed by atoms with Gasteiger partial charge in [-0.1, -0.05) is 24.6 Å². The molecule has 0 aliphatic heterocycles. The van der Waals surface area contributed by atoms with E-state index in [1.807, 2.05) is 11.8 Å². The van der Waals surface area contributed by atoms with Gasteiger partial charge < -0.3 is 10.0 Å². The van der Waals surface area contributed by atoms with Crippen molar-refractivity contribution >= 4 is 23.3 Å². The van der Waals surface area contributed by atoms with Crippen molar-refractivity contribution < 1.29 is 9.90 Å². The van der Waals surface area contributed by atoms with E-state index < -0.39 is 5.97 Å². The van der Waals surface area contributed by atoms with Gasteiger partial charge in [-0.15, -0.1) is 0 Å². The third-order valence-corrected chi connectivity index (χ3v) is 2.71. The van der Waals surface area contributed by atoms with E-state index in [2.05, 4.69) is 6.92 Å². The molecule has 1 rings (SSSR count). The molecule has 16 heavy (non-hydrogen) atoms. The van der Waals surface area contributed by atoms with Crippen molar-refractivity contribution in [1.82, 2.24) is 0 Å². The Bertz CT molecular complexity index is 379. The summed E-state index contributed by atoms with van der Waals surface area (Å²) < 4.78 is 0. The van der Waals surface area contributed by atoms with Crippen LogP contribution < -0.4 is 4.90 Å². The lowest BCUT2D eigenvalue weighted by Gasteiger charge is -2.25. The molecule has 0 fully saturated rings. The molecular weight excluding hydrogens is 226 g/mol. The zero-order chi connectivity index (χ0) is 12.1. The number of nitrogens with zero attached hydrogens (tertiary/aromatic N) is 1. The summed E-state index contributed by atoms with van der Waals surface area (Å²) in [6, 6.07) is 4.97. The van der Waals surface area contributed by atoms with Crippen molar-refractivity contribution in [3.05, 3.63) is 28.8 Å². The molecule has 0 atom stereocenters. The fourth-order valence-electron chi connectivity index (χ4n) is 1.71. The number of benzene rings is 1. The van der Waals surface area contributed by atoms with Gasteiger partial charge in [0.25, 0.3) is 0 Å². The molecule has 0 saturated carbocycles. The van der Waals surface area contributed by atoms with Crippen molar-refractivity contribution in [3.63, 3.8) is 0 Å². The number of hydrogen-bond acceptors (Lipinski definition) is 2. The average molecular weight is 242 g/mol. The van der Waals surface area contributed by atoms with Crippen LogP contribution in [0.2, 0.25) is 5.02 Å². The largest absolute Gasteiger partial charge is 0.478 e. The number of hydrogen-bond donors (Lipinski definition) is 1. The molecule has 1 aromatic rings. The third kappa shape index (κ3) is 2.67. The van der Waals surface area contributed by atoms with Crippen molar-refractivity contribution in [2.24, 2.45) is 0 Å². The first-order chi connectivity index (χ1) is 7.61. The van der Waals surface area contributed by atoms with Crippen LogP contribution in [-0.4, -0.2) is 24.2 Å². The lowest BCUT2D eigenvalue weighted by molar-refractivity contribution is 0.0697. The van der Waals surface area contributed by atoms with Crippen LogP contribution in [0.5, 0.6) is 0 Å². The summed E-state index contributed by atoms with van der Waals surface area (Å²) in [5.74, 6) is -0.938. The van der Waals surface area contributed by atoms with Gasteiger partial charge in [0.1, 0.15) is 0 Å². The van der Waals surface area contributed by atoms with E-state index in [4.69, 9.17) is 16.7 Å². The molecule has 1 N–H and O–H groups in total. The Hall–Kier alpha value is -1.22. The first-order valence-electron chi connectivity index (χ1n) is 5.38. The Labute approximate surface area is 101 Å². The third-order valence-electron chi connectivity index (χ3n) is 2.41. The van der Waals surface area contributed by atoms with Crippen molar-refractivity contribution in [2.75, 3.05) is 18.0 Å². The molecule has 3 nitrogen and oxygen atoms in total. The van der Waals surface area contributed by atoms with Gasteiger partial charge in [-0.25, -0.2) is 4.79 Å². The van der Waals surface area contributed by atoms with E-state index in [9.17, 15) is 4.79 Å². The van der Waals surface area contributed by atoms with E-state index in [1.54, 1.807) is 18.2 Å². The predicted octanol–water partition coefficient (Wildman–Crippen LogP) is 3.27. The first kappa shape index (κ1) is 12.8. The molecule has 0 spiro atoms. The fraction of sp³-hybridized carbons (Fsp3) is 0.417. The van der Waals surface area contributed by atoms with Crippen LogP contribution >= 0.6 is 11.6 Å². The summed E-state index contributed by atoms with van der Waals surface area (Å²) in [6.07, 6.45) is 0.956. The maximum Gasteiger partial charge on any atom is 0.337 e. The summed E-state index contributed by atoms with van der Waals surface area (Å²) >= 11 is 6.08. The summed E-state index contributed by atoms with van der Waals surface area (Å²) in [4.78, 5) is 13.1. The van der Waals surface area contributed by atoms with Crippen LogP contribution in [-0.2, 0) is 0 Å². The molecule has 4 heteroatoms. The Morgan fingerprint density at radius 1 is 1.44 bits per heavy atom. The molecular formula is C12H16ClNO2. The van der Waals surface area contributed by atoms with Crippen molar-refractivity contribution in [3.8, 4) is 0 Å². The lowest BCUT2D eigenvalue weighted by Crippen LogP contribution is -2.25. The topological polar surface area (TPSA) is 40.5 Å². The van der Waals surface area contributed by atoms with Crippen molar-refractivity contribution in [2.45, 2.75) is 20.3 Å². The summed E-state index contributed by atoms with van der Waals surface area (Å²) in [7, 11) is 0. The van der Waals surface area contributed by atoms with Gasteiger partial charge in [-0.05, 0) is 25.5 Å². The van der Waals surface area contributed by atoms with Gasteiger partial charge in [-0.3, -0.25) is 0 Å². The minimum absolute atomic E-state index is 0.266. The Morgan fingerprint density at radius 2 is 2.12 bits per heavy atom. The molecule has 0 aromatic heterocycles. The SMILES string of the molecule is CCCN(CC)c1c(Cl)cccc1C(=O)O. The minimum atomic E-state index is -0.938. The smallest absolute Gasteiger partial charge is 0.337 e. The number of halogens is 1. The second-order valence-electron chi connectivity index (χ2n) is 3.52. The second kappa shape index (κ2) is 5.75. The van der Waals surface area contributed by atoms with Gasteiger partial charge in [0.15, 0.2) is 0 Å². The highest BCUT2D eigenvalue weighted by molar-refractivity contribution is 6.34. The first-order valence-corrected chi connectivity index (χ1v) is 5.76. The Kier molecular flexibility index (Phi) is 4.62. The molecule has 0 radical (unpaired) electrons. The molecule has 1 aromatic carbocycles. The predicted molar refractivity (Wildman–Crippen MR) is 66.6 cm³/mol. The van der Waals surface area contributed by atoms with E-state index >= 15 is 0 Å². The maximum absolute atomic E-state index is 11.1. The van der Waals surface area contributed by atoms with Crippen LogP contribution in [0.15, 0.2) is 18.2 Å². The molecule has 88 valence electrons. The van der Waals surface area contributed by atoms with Crippen LogP contribution in [0.3, 0.4) is 0 Å². The number of carboxylic acids is 1. The highest BCUT2D eigenvalue weighted by Gasteiger charge is 2.17. The molecule has 0 bridgehead atoms. The number of carboxylic acid groups (broad SMARTS) is 1. The van der Waals surface area contributed by atoms with Gasteiger partial charge in [0.05, 0.1) is 16.3 Å². The zero-order valence-electron chi connectivity index (χ0n) is 9.53. The van der Waals surface area contributed by atoms with Gasteiger partial charge in [-0.2, -0.15) is 0 Å². The Balaban J connectivity index is 3.22. The lowest BCUT2D eigenvalue weighted by atomic mass is 10.1. The van der Waals surface area contributed by atoms with Crippen LogP contribution in [0, 0.1) is 0 Å². The zero-order valence-corrected chi connectivity index (χ0v) is 10.3. The fourth-order valence-corrected chi connectivity index (χ4v) is 2.00. The number of aromatic carboxylic acids is 1. The molecule has 0 saturated heterocycles. The van der Waals surface area contributed by atoms with Crippen LogP contribution in [0.25, 0.3) is 0 Å². The summed E-state index contributed by atoms with van der Waals surface area (Å²) in [6.45, 7) is 5.60. The standard InChI is InChI=1S/C12H16ClNO2/c1-3-8-14(4-2)11-9(12(15)16)6-5-7-10(11)13/h5-7H,3-4,8H2,1-2H3,(H,15,16). The highest BCUT2D eigenvalue weighted by Crippen LogP contribution is 2.30. The molecule has 0 amide bonds. The summed E-state index contributed by atoms with van der Waals surface area (Å²) in [5.41, 5.74) is 0.892. The highest BCUT2D eigenvalue weighted by atomic mass is 35.5.